The minimum atomic E-state index is 0. The third-order valence-corrected chi connectivity index (χ3v) is 0. The molecule has 0 atom stereocenters. The van der Waals surface area contributed by atoms with Gasteiger partial charge in [0.05, 0.1) is 0 Å². The zero-order valence-corrected chi connectivity index (χ0v) is 5.98. The third kappa shape index (κ3) is 523. The van der Waals surface area contributed by atoms with Gasteiger partial charge in [-0.15, -0.1) is 0 Å². The van der Waals surface area contributed by atoms with Crippen LogP contribution in [0.1, 0.15) is 0 Å². The van der Waals surface area contributed by atoms with Crippen LogP contribution in [0.4, 0.5) is 0 Å². The molecule has 0 heterocycles. The van der Waals surface area contributed by atoms with Gasteiger partial charge in [0.1, 0.15) is 0 Å². The summed E-state index contributed by atoms with van der Waals surface area (Å²) < 4.78 is 0. The first-order valence-electron chi connectivity index (χ1n) is 0.169. The van der Waals surface area contributed by atoms with Crippen LogP contribution in [0.15, 0.2) is 0 Å². The maximum atomic E-state index is 4.58. The first-order chi connectivity index (χ1) is 1.00. The second-order valence-corrected chi connectivity index (χ2v) is 0. The first-order valence-corrected chi connectivity index (χ1v) is 2.09. The Bertz CT molecular complexity index is 8.49. The van der Waals surface area contributed by atoms with Gasteiger partial charge in [-0.2, -0.15) is 0 Å². The van der Waals surface area contributed by atoms with E-state index in [1.54, 1.807) is 16.5 Å². The molecular formula is H12ClO6V. The molecule has 0 rings (SSSR count). The molecule has 0 aromatic rings. The Morgan fingerprint density at radius 3 is 0.500 bits per heavy atom. The Morgan fingerprint density at radius 2 is 0.500 bits per heavy atom. The van der Waals surface area contributed by atoms with Crippen molar-refractivity contribution in [3.05, 3.63) is 0 Å². The fourth-order valence-electron chi connectivity index (χ4n) is 0. The predicted octanol–water partition coefficient (Wildman–Crippen LogP) is -4.26. The summed E-state index contributed by atoms with van der Waals surface area (Å²) in [6, 6.07) is 0. The Morgan fingerprint density at radius 1 is 0.500 bits per heavy atom. The summed E-state index contributed by atoms with van der Waals surface area (Å²) in [5, 5.41) is 0. The maximum absolute atomic E-state index is 4.58. The summed E-state index contributed by atoms with van der Waals surface area (Å²) >= 11 is 1.78. The molecule has 0 aromatic carbocycles. The average Bonchev–Trinajstić information content (AvgIpc) is 1.00. The molecule has 0 radical (unpaired) electrons. The van der Waals surface area contributed by atoms with E-state index in [-0.39, 0.29) is 32.9 Å². The SMILES string of the molecule is O.O.O.O.O.O.[Cl][V]. The quantitative estimate of drug-likeness (QED) is 0.361. The Labute approximate surface area is 59.8 Å². The van der Waals surface area contributed by atoms with Crippen LogP contribution in [0, 0.1) is 0 Å². The molecular weight excluding hydrogens is 182 g/mol. The summed E-state index contributed by atoms with van der Waals surface area (Å²) in [5.74, 6) is 0. The number of rotatable bonds is 0. The number of hydrogen-bond acceptors (Lipinski definition) is 0. The fraction of sp³-hybridized carbons (Fsp3) is 0. The minimum absolute atomic E-state index is 0. The van der Waals surface area contributed by atoms with Crippen molar-refractivity contribution in [3.8, 4) is 0 Å². The number of hydrogen-bond donors (Lipinski definition) is 0. The Kier molecular flexibility index (Phi) is 19700. The second kappa shape index (κ2) is 835. The molecule has 0 amide bonds. The van der Waals surface area contributed by atoms with E-state index >= 15 is 0 Å². The van der Waals surface area contributed by atoms with E-state index < -0.39 is 0 Å². The van der Waals surface area contributed by atoms with Gasteiger partial charge in [-0.25, -0.2) is 0 Å². The molecule has 0 unspecified atom stereocenters. The number of halogens is 1. The van der Waals surface area contributed by atoms with Crippen LogP contribution in [-0.2, 0) is 16.5 Å². The molecule has 0 aliphatic heterocycles. The molecule has 6 nitrogen and oxygen atoms in total. The van der Waals surface area contributed by atoms with Gasteiger partial charge in [-0.1, -0.05) is 0 Å². The molecule has 8 heteroatoms. The molecule has 0 aromatic heterocycles. The van der Waals surface area contributed by atoms with Gasteiger partial charge >= 0.3 is 26.3 Å². The average molecular weight is 194 g/mol. The first kappa shape index (κ1) is 188. The summed E-state index contributed by atoms with van der Waals surface area (Å²) in [7, 11) is 4.58. The molecule has 0 aliphatic carbocycles. The summed E-state index contributed by atoms with van der Waals surface area (Å²) in [4.78, 5) is 0. The predicted molar refractivity (Wildman–Crippen MR) is 27.5 cm³/mol. The van der Waals surface area contributed by atoms with Gasteiger partial charge in [0.2, 0.25) is 0 Å². The van der Waals surface area contributed by atoms with Crippen molar-refractivity contribution >= 4 is 9.85 Å². The van der Waals surface area contributed by atoms with Gasteiger partial charge in [-0.3, -0.25) is 0 Å². The summed E-state index contributed by atoms with van der Waals surface area (Å²) in [6.07, 6.45) is 0. The van der Waals surface area contributed by atoms with Crippen LogP contribution in [0.2, 0.25) is 0 Å². The Balaban J connectivity index is -0.000000000333. The molecule has 60 valence electrons. The Hall–Kier alpha value is 0.634. The molecule has 0 aliphatic rings. The van der Waals surface area contributed by atoms with Crippen LogP contribution in [0.5, 0.6) is 0 Å². The van der Waals surface area contributed by atoms with Gasteiger partial charge < -0.3 is 32.9 Å². The molecule has 8 heavy (non-hydrogen) atoms. The molecule has 0 saturated carbocycles. The van der Waals surface area contributed by atoms with E-state index in [9.17, 15) is 0 Å². The second-order valence-electron chi connectivity index (χ2n) is 0. The van der Waals surface area contributed by atoms with E-state index in [0.717, 1.165) is 0 Å². The van der Waals surface area contributed by atoms with Crippen LogP contribution in [0.3, 0.4) is 0 Å². The molecule has 0 saturated heterocycles. The van der Waals surface area contributed by atoms with Crippen LogP contribution in [0.25, 0.3) is 0 Å². The monoisotopic (exact) mass is 194 g/mol. The molecule has 12 N–H and O–H groups in total. The van der Waals surface area contributed by atoms with Crippen LogP contribution < -0.4 is 0 Å². The van der Waals surface area contributed by atoms with Crippen molar-refractivity contribution in [1.82, 2.24) is 0 Å². The van der Waals surface area contributed by atoms with Crippen molar-refractivity contribution in [3.63, 3.8) is 0 Å². The van der Waals surface area contributed by atoms with Crippen molar-refractivity contribution < 1.29 is 49.3 Å². The molecule has 0 fully saturated rings. The standard InChI is InChI=1S/ClH.6H2O.V/h1H;6*1H2;/q;;;;;;;+1/p-1. The van der Waals surface area contributed by atoms with Crippen molar-refractivity contribution in [1.29, 1.82) is 0 Å². The van der Waals surface area contributed by atoms with E-state index in [1.807, 2.05) is 0 Å². The van der Waals surface area contributed by atoms with Gasteiger partial charge in [0.15, 0.2) is 0 Å². The van der Waals surface area contributed by atoms with Gasteiger partial charge in [0, 0.05) is 0 Å². The summed E-state index contributed by atoms with van der Waals surface area (Å²) in [6.45, 7) is 0. The fourth-order valence-corrected chi connectivity index (χ4v) is 0. The topological polar surface area (TPSA) is 189 Å². The zero-order chi connectivity index (χ0) is 2.00. The van der Waals surface area contributed by atoms with Crippen molar-refractivity contribution in [2.75, 3.05) is 0 Å². The van der Waals surface area contributed by atoms with Crippen molar-refractivity contribution in [2.45, 2.75) is 0 Å². The van der Waals surface area contributed by atoms with E-state index in [2.05, 4.69) is 9.85 Å². The molecule has 0 bridgehead atoms. The van der Waals surface area contributed by atoms with Crippen molar-refractivity contribution in [2.24, 2.45) is 0 Å². The normalized spacial score (nSPS) is 0.625. The third-order valence-electron chi connectivity index (χ3n) is 0. The molecule has 0 spiro atoms. The van der Waals surface area contributed by atoms with E-state index in [4.69, 9.17) is 0 Å². The van der Waals surface area contributed by atoms with Gasteiger partial charge in [0.25, 0.3) is 0 Å². The zero-order valence-electron chi connectivity index (χ0n) is 3.83. The van der Waals surface area contributed by atoms with Crippen LogP contribution >= 0.6 is 9.85 Å². The van der Waals surface area contributed by atoms with Gasteiger partial charge in [-0.05, 0) is 0 Å². The van der Waals surface area contributed by atoms with E-state index in [1.165, 1.54) is 0 Å². The summed E-state index contributed by atoms with van der Waals surface area (Å²) in [5.41, 5.74) is 0. The van der Waals surface area contributed by atoms with Crippen LogP contribution in [-0.4, -0.2) is 32.9 Å². The van der Waals surface area contributed by atoms with E-state index in [0.29, 0.717) is 0 Å².